The molecule has 104 valence electrons. The average molecular weight is 349 g/mol. The fraction of sp³-hybridized carbons (Fsp3) is 0.455. The van der Waals surface area contributed by atoms with Crippen LogP contribution in [0.2, 0.25) is 0 Å². The second-order valence-corrected chi connectivity index (χ2v) is 7.31. The number of nitrogens with zero attached hydrogens (tertiary/aromatic N) is 2. The Morgan fingerprint density at radius 1 is 1.53 bits per heavy atom. The van der Waals surface area contributed by atoms with E-state index in [2.05, 4.69) is 20.9 Å². The van der Waals surface area contributed by atoms with Gasteiger partial charge in [-0.15, -0.1) is 0 Å². The zero-order valence-corrected chi connectivity index (χ0v) is 12.4. The average Bonchev–Trinajstić information content (AvgIpc) is 2.77. The van der Waals surface area contributed by atoms with Crippen molar-refractivity contribution in [2.45, 2.75) is 17.7 Å². The summed E-state index contributed by atoms with van der Waals surface area (Å²) < 4.78 is 26.6. The second-order valence-electron chi connectivity index (χ2n) is 4.45. The molecule has 1 saturated heterocycles. The molecule has 1 aromatic heterocycles. The molecule has 1 aromatic rings. The van der Waals surface area contributed by atoms with Crippen molar-refractivity contribution in [1.82, 2.24) is 9.29 Å². The van der Waals surface area contributed by atoms with E-state index in [-0.39, 0.29) is 23.8 Å². The Morgan fingerprint density at radius 2 is 2.26 bits per heavy atom. The van der Waals surface area contributed by atoms with Gasteiger partial charge in [-0.3, -0.25) is 9.78 Å². The number of aromatic nitrogens is 1. The number of hydrogen-bond acceptors (Lipinski definition) is 4. The molecule has 1 aliphatic rings. The van der Waals surface area contributed by atoms with Crippen molar-refractivity contribution in [3.63, 3.8) is 0 Å². The third kappa shape index (κ3) is 3.31. The number of carboxylic acids is 1. The molecule has 0 saturated carbocycles. The maximum Gasteiger partial charge on any atom is 0.303 e. The highest BCUT2D eigenvalue weighted by Gasteiger charge is 2.33. The van der Waals surface area contributed by atoms with Crippen LogP contribution in [0.15, 0.2) is 27.8 Å². The molecule has 1 fully saturated rings. The van der Waals surface area contributed by atoms with Crippen molar-refractivity contribution in [2.75, 3.05) is 13.1 Å². The van der Waals surface area contributed by atoms with Crippen molar-refractivity contribution in [3.8, 4) is 0 Å². The molecule has 0 aliphatic carbocycles. The lowest BCUT2D eigenvalue weighted by Crippen LogP contribution is -2.29. The molecule has 0 bridgehead atoms. The quantitative estimate of drug-likeness (QED) is 0.886. The van der Waals surface area contributed by atoms with Gasteiger partial charge in [-0.2, -0.15) is 4.31 Å². The van der Waals surface area contributed by atoms with Crippen LogP contribution in [0.4, 0.5) is 0 Å². The topological polar surface area (TPSA) is 87.6 Å². The summed E-state index contributed by atoms with van der Waals surface area (Å²) in [7, 11) is -3.58. The largest absolute Gasteiger partial charge is 0.481 e. The van der Waals surface area contributed by atoms with Gasteiger partial charge >= 0.3 is 5.97 Å². The first kappa shape index (κ1) is 14.4. The molecule has 19 heavy (non-hydrogen) atoms. The summed E-state index contributed by atoms with van der Waals surface area (Å²) in [5.74, 6) is -1.01. The molecule has 0 amide bonds. The summed E-state index contributed by atoms with van der Waals surface area (Å²) in [5.41, 5.74) is 0. The van der Waals surface area contributed by atoms with E-state index in [0.29, 0.717) is 17.4 Å². The molecule has 1 atom stereocenters. The fourth-order valence-electron chi connectivity index (χ4n) is 2.11. The van der Waals surface area contributed by atoms with E-state index < -0.39 is 16.0 Å². The lowest BCUT2D eigenvalue weighted by molar-refractivity contribution is -0.137. The molecule has 1 aliphatic heterocycles. The van der Waals surface area contributed by atoms with Crippen molar-refractivity contribution < 1.29 is 18.3 Å². The Bertz CT molecular complexity index is 590. The van der Waals surface area contributed by atoms with Crippen molar-refractivity contribution in [1.29, 1.82) is 0 Å². The first-order chi connectivity index (χ1) is 8.89. The van der Waals surface area contributed by atoms with Crippen LogP contribution in [0.3, 0.4) is 0 Å². The van der Waals surface area contributed by atoms with Crippen LogP contribution in [0, 0.1) is 5.92 Å². The number of hydrogen-bond donors (Lipinski definition) is 1. The summed E-state index contributed by atoms with van der Waals surface area (Å²) >= 11 is 3.18. The highest BCUT2D eigenvalue weighted by Crippen LogP contribution is 2.26. The number of carboxylic acid groups (broad SMARTS) is 1. The number of carbonyl (C=O) groups is 1. The van der Waals surface area contributed by atoms with E-state index in [0.717, 1.165) is 0 Å². The van der Waals surface area contributed by atoms with E-state index in [4.69, 9.17) is 5.11 Å². The number of aliphatic carboxylic acids is 1. The predicted molar refractivity (Wildman–Crippen MR) is 71.1 cm³/mol. The van der Waals surface area contributed by atoms with Gasteiger partial charge in [0.2, 0.25) is 10.0 Å². The van der Waals surface area contributed by atoms with Crippen molar-refractivity contribution >= 4 is 31.9 Å². The highest BCUT2D eigenvalue weighted by molar-refractivity contribution is 9.10. The minimum atomic E-state index is -3.58. The molecule has 2 heterocycles. The van der Waals surface area contributed by atoms with E-state index in [1.165, 1.54) is 22.8 Å². The molecular weight excluding hydrogens is 336 g/mol. The van der Waals surface area contributed by atoms with E-state index in [9.17, 15) is 13.2 Å². The molecule has 8 heteroatoms. The Kier molecular flexibility index (Phi) is 4.22. The normalized spacial score (nSPS) is 20.6. The third-order valence-corrected chi connectivity index (χ3v) is 5.29. The lowest BCUT2D eigenvalue weighted by Gasteiger charge is -2.16. The lowest BCUT2D eigenvalue weighted by atomic mass is 10.1. The van der Waals surface area contributed by atoms with E-state index in [1.54, 1.807) is 0 Å². The van der Waals surface area contributed by atoms with Gasteiger partial charge < -0.3 is 5.11 Å². The van der Waals surface area contributed by atoms with Crippen LogP contribution in [-0.2, 0) is 14.8 Å². The van der Waals surface area contributed by atoms with Gasteiger partial charge in [-0.25, -0.2) is 8.42 Å². The molecule has 0 aromatic carbocycles. The van der Waals surface area contributed by atoms with E-state index >= 15 is 0 Å². The zero-order chi connectivity index (χ0) is 14.0. The minimum Gasteiger partial charge on any atom is -0.481 e. The second kappa shape index (κ2) is 5.56. The SMILES string of the molecule is O=C(O)CC1CCN(S(=O)(=O)c2cncc(Br)c2)C1. The highest BCUT2D eigenvalue weighted by atomic mass is 79.9. The van der Waals surface area contributed by atoms with Gasteiger partial charge in [0.25, 0.3) is 0 Å². The Labute approximate surface area is 119 Å². The monoisotopic (exact) mass is 348 g/mol. The van der Waals surface area contributed by atoms with E-state index in [1.807, 2.05) is 0 Å². The summed E-state index contributed by atoms with van der Waals surface area (Å²) in [6.45, 7) is 0.605. The van der Waals surface area contributed by atoms with Crippen molar-refractivity contribution in [3.05, 3.63) is 22.9 Å². The molecule has 2 rings (SSSR count). The number of sulfonamides is 1. The van der Waals surface area contributed by atoms with Crippen LogP contribution in [0.5, 0.6) is 0 Å². The molecule has 1 N–H and O–H groups in total. The molecular formula is C11H13BrN2O4S. The summed E-state index contributed by atoms with van der Waals surface area (Å²) in [4.78, 5) is 14.6. The summed E-state index contributed by atoms with van der Waals surface area (Å²) in [6.07, 6.45) is 3.39. The smallest absolute Gasteiger partial charge is 0.303 e. The Hall–Kier alpha value is -0.990. The number of pyridine rings is 1. The Morgan fingerprint density at radius 3 is 2.89 bits per heavy atom. The maximum atomic E-state index is 12.3. The molecule has 1 unspecified atom stereocenters. The first-order valence-electron chi connectivity index (χ1n) is 5.72. The van der Waals surface area contributed by atoms with Crippen molar-refractivity contribution in [2.24, 2.45) is 5.92 Å². The van der Waals surface area contributed by atoms with Gasteiger partial charge in [-0.05, 0) is 34.3 Å². The standard InChI is InChI=1S/C11H13BrN2O4S/c12-9-4-10(6-13-5-9)19(17,18)14-2-1-8(7-14)3-11(15)16/h4-6,8H,1-3,7H2,(H,15,16). The number of rotatable bonds is 4. The van der Waals surface area contributed by atoms with Gasteiger partial charge in [0.1, 0.15) is 4.90 Å². The maximum absolute atomic E-state index is 12.3. The Balaban J connectivity index is 2.16. The minimum absolute atomic E-state index is 0.00273. The first-order valence-corrected chi connectivity index (χ1v) is 7.95. The summed E-state index contributed by atoms with van der Waals surface area (Å²) in [5, 5.41) is 8.73. The zero-order valence-electron chi connectivity index (χ0n) is 9.99. The van der Waals surface area contributed by atoms with Crippen LogP contribution in [0.1, 0.15) is 12.8 Å². The van der Waals surface area contributed by atoms with Crippen LogP contribution >= 0.6 is 15.9 Å². The molecule has 6 nitrogen and oxygen atoms in total. The van der Waals surface area contributed by atoms with Gasteiger partial charge in [0.05, 0.1) is 0 Å². The van der Waals surface area contributed by atoms with Crippen LogP contribution in [-0.4, -0.2) is 41.9 Å². The van der Waals surface area contributed by atoms with Gasteiger partial charge in [-0.1, -0.05) is 0 Å². The molecule has 0 radical (unpaired) electrons. The van der Waals surface area contributed by atoms with Gasteiger partial charge in [0.15, 0.2) is 0 Å². The predicted octanol–water partition coefficient (Wildman–Crippen LogP) is 1.33. The van der Waals surface area contributed by atoms with Crippen LogP contribution in [0.25, 0.3) is 0 Å². The van der Waals surface area contributed by atoms with Crippen LogP contribution < -0.4 is 0 Å². The third-order valence-electron chi connectivity index (χ3n) is 3.03. The fourth-order valence-corrected chi connectivity index (χ4v) is 4.15. The summed E-state index contributed by atoms with van der Waals surface area (Å²) in [6, 6.07) is 1.49. The van der Waals surface area contributed by atoms with Gasteiger partial charge in [0, 0.05) is 36.4 Å². The molecule has 0 spiro atoms. The number of halogens is 1.